The average molecular weight is 249 g/mol. The summed E-state index contributed by atoms with van der Waals surface area (Å²) in [5, 5.41) is 13.0. The predicted molar refractivity (Wildman–Crippen MR) is 67.9 cm³/mol. The van der Waals surface area contributed by atoms with Crippen LogP contribution in [0.4, 0.5) is 0 Å². The first-order valence-corrected chi connectivity index (χ1v) is 6.57. The molecule has 4 heteroatoms. The van der Waals surface area contributed by atoms with Crippen molar-refractivity contribution >= 4 is 0 Å². The summed E-state index contributed by atoms with van der Waals surface area (Å²) in [6, 6.07) is 5.82. The van der Waals surface area contributed by atoms with Crippen LogP contribution in [0, 0.1) is 0 Å². The molecule has 0 aromatic heterocycles. The highest BCUT2D eigenvalue weighted by atomic mass is 16.5. The van der Waals surface area contributed by atoms with Crippen molar-refractivity contribution < 1.29 is 14.6 Å². The largest absolute Gasteiger partial charge is 0.508 e. The molecule has 2 N–H and O–H groups in total. The highest BCUT2D eigenvalue weighted by Crippen LogP contribution is 2.35. The van der Waals surface area contributed by atoms with E-state index in [9.17, 15) is 5.11 Å². The molecule has 1 aromatic carbocycles. The van der Waals surface area contributed by atoms with E-state index in [2.05, 4.69) is 12.2 Å². The first-order valence-electron chi connectivity index (χ1n) is 6.57. The fraction of sp³-hybridized carbons (Fsp3) is 0.571. The smallest absolute Gasteiger partial charge is 0.127 e. The second-order valence-electron chi connectivity index (χ2n) is 5.09. The van der Waals surface area contributed by atoms with Gasteiger partial charge in [0.25, 0.3) is 0 Å². The Labute approximate surface area is 107 Å². The third kappa shape index (κ3) is 2.18. The van der Waals surface area contributed by atoms with Gasteiger partial charge in [-0.2, -0.15) is 0 Å². The van der Waals surface area contributed by atoms with Gasteiger partial charge in [-0.3, -0.25) is 0 Å². The van der Waals surface area contributed by atoms with E-state index in [1.54, 1.807) is 12.1 Å². The molecule has 3 rings (SSSR count). The van der Waals surface area contributed by atoms with Crippen LogP contribution >= 0.6 is 0 Å². The zero-order valence-electron chi connectivity index (χ0n) is 10.6. The summed E-state index contributed by atoms with van der Waals surface area (Å²) in [7, 11) is 0. The van der Waals surface area contributed by atoms with Crippen molar-refractivity contribution in [3.8, 4) is 11.5 Å². The number of hydrogen-bond acceptors (Lipinski definition) is 4. The monoisotopic (exact) mass is 249 g/mol. The number of ether oxygens (including phenoxy) is 2. The average Bonchev–Trinajstić information content (AvgIpc) is 2.98. The second-order valence-corrected chi connectivity index (χ2v) is 5.09. The minimum Gasteiger partial charge on any atom is -0.508 e. The van der Waals surface area contributed by atoms with Crippen molar-refractivity contribution in [1.29, 1.82) is 0 Å². The van der Waals surface area contributed by atoms with Gasteiger partial charge in [0.15, 0.2) is 0 Å². The van der Waals surface area contributed by atoms with E-state index >= 15 is 0 Å². The summed E-state index contributed by atoms with van der Waals surface area (Å²) in [6.45, 7) is 3.66. The molecular formula is C14H19NO3. The van der Waals surface area contributed by atoms with Gasteiger partial charge in [-0.1, -0.05) is 0 Å². The molecule has 2 heterocycles. The first-order chi connectivity index (χ1) is 8.74. The van der Waals surface area contributed by atoms with Gasteiger partial charge in [0.05, 0.1) is 12.1 Å². The molecular weight excluding hydrogens is 230 g/mol. The molecule has 3 unspecified atom stereocenters. The number of aromatic hydroxyl groups is 1. The lowest BCUT2D eigenvalue weighted by molar-refractivity contribution is 0.0783. The molecule has 3 atom stereocenters. The van der Waals surface area contributed by atoms with Crippen LogP contribution in [0.5, 0.6) is 11.5 Å². The van der Waals surface area contributed by atoms with Crippen molar-refractivity contribution in [2.45, 2.75) is 38.0 Å². The fourth-order valence-electron chi connectivity index (χ4n) is 2.76. The molecule has 0 spiro atoms. The van der Waals surface area contributed by atoms with Gasteiger partial charge in [-0.05, 0) is 31.9 Å². The third-order valence-corrected chi connectivity index (χ3v) is 3.76. The highest BCUT2D eigenvalue weighted by molar-refractivity contribution is 5.44. The van der Waals surface area contributed by atoms with Crippen molar-refractivity contribution in [3.63, 3.8) is 0 Å². The maximum Gasteiger partial charge on any atom is 0.127 e. The number of rotatable bonds is 3. The maximum absolute atomic E-state index is 9.42. The molecule has 2 aliphatic rings. The number of phenolic OH excluding ortho intramolecular Hbond substituents is 1. The van der Waals surface area contributed by atoms with Crippen molar-refractivity contribution in [3.05, 3.63) is 23.8 Å². The molecule has 1 aromatic rings. The molecule has 2 aliphatic heterocycles. The Hall–Kier alpha value is -1.26. The Bertz CT molecular complexity index is 429. The number of fused-ring (bicyclic) bond motifs is 1. The van der Waals surface area contributed by atoms with Crippen LogP contribution in [-0.2, 0) is 4.74 Å². The Morgan fingerprint density at radius 3 is 3.11 bits per heavy atom. The molecule has 18 heavy (non-hydrogen) atoms. The Kier molecular flexibility index (Phi) is 3.14. The molecule has 1 saturated heterocycles. The van der Waals surface area contributed by atoms with E-state index in [1.165, 1.54) is 0 Å². The molecule has 0 bridgehead atoms. The van der Waals surface area contributed by atoms with Crippen molar-refractivity contribution in [2.24, 2.45) is 0 Å². The van der Waals surface area contributed by atoms with Gasteiger partial charge in [-0.15, -0.1) is 0 Å². The summed E-state index contributed by atoms with van der Waals surface area (Å²) < 4.78 is 11.3. The minimum atomic E-state index is 0.194. The number of phenols is 1. The van der Waals surface area contributed by atoms with E-state index in [4.69, 9.17) is 9.47 Å². The van der Waals surface area contributed by atoms with Crippen LogP contribution in [0.2, 0.25) is 0 Å². The summed E-state index contributed by atoms with van der Waals surface area (Å²) in [4.78, 5) is 0. The van der Waals surface area contributed by atoms with Crippen LogP contribution in [-0.4, -0.2) is 30.5 Å². The van der Waals surface area contributed by atoms with Gasteiger partial charge < -0.3 is 19.9 Å². The highest BCUT2D eigenvalue weighted by Gasteiger charge is 2.29. The zero-order valence-corrected chi connectivity index (χ0v) is 10.6. The Morgan fingerprint density at radius 2 is 2.33 bits per heavy atom. The quantitative estimate of drug-likeness (QED) is 0.860. The van der Waals surface area contributed by atoms with E-state index < -0.39 is 0 Å². The lowest BCUT2D eigenvalue weighted by Gasteiger charge is -2.23. The van der Waals surface area contributed by atoms with Gasteiger partial charge in [0.1, 0.15) is 18.1 Å². The van der Waals surface area contributed by atoms with Gasteiger partial charge >= 0.3 is 0 Å². The number of hydrogen-bond donors (Lipinski definition) is 2. The maximum atomic E-state index is 9.42. The molecule has 0 saturated carbocycles. The van der Waals surface area contributed by atoms with Crippen LogP contribution in [0.1, 0.15) is 31.4 Å². The van der Waals surface area contributed by atoms with Gasteiger partial charge in [0.2, 0.25) is 0 Å². The molecule has 0 radical (unpaired) electrons. The lowest BCUT2D eigenvalue weighted by atomic mass is 10.0. The van der Waals surface area contributed by atoms with Crippen LogP contribution < -0.4 is 10.1 Å². The minimum absolute atomic E-state index is 0.194. The Balaban J connectivity index is 1.68. The predicted octanol–water partition coefficient (Wildman–Crippen LogP) is 1.98. The summed E-state index contributed by atoms with van der Waals surface area (Å²) in [5.41, 5.74) is 1.12. The summed E-state index contributed by atoms with van der Waals surface area (Å²) in [5.74, 6) is 1.04. The van der Waals surface area contributed by atoms with Crippen LogP contribution in [0.3, 0.4) is 0 Å². The van der Waals surface area contributed by atoms with Crippen LogP contribution in [0.25, 0.3) is 0 Å². The molecule has 0 amide bonds. The first kappa shape index (κ1) is 11.8. The SMILES string of the molecule is CC(NC1COc2cc(O)ccc21)C1CCCO1. The normalized spacial score (nSPS) is 27.8. The summed E-state index contributed by atoms with van der Waals surface area (Å²) >= 11 is 0. The fourth-order valence-corrected chi connectivity index (χ4v) is 2.76. The van der Waals surface area contributed by atoms with E-state index in [-0.39, 0.29) is 11.8 Å². The number of benzene rings is 1. The topological polar surface area (TPSA) is 50.7 Å². The third-order valence-electron chi connectivity index (χ3n) is 3.76. The lowest BCUT2D eigenvalue weighted by Crippen LogP contribution is -2.39. The zero-order chi connectivity index (χ0) is 12.5. The van der Waals surface area contributed by atoms with Crippen molar-refractivity contribution in [2.75, 3.05) is 13.2 Å². The Morgan fingerprint density at radius 1 is 1.44 bits per heavy atom. The van der Waals surface area contributed by atoms with Gasteiger partial charge in [0, 0.05) is 24.3 Å². The van der Waals surface area contributed by atoms with E-state index in [0.29, 0.717) is 18.8 Å². The standard InChI is InChI=1S/C14H19NO3/c1-9(13-3-2-6-17-13)15-12-8-18-14-7-10(16)4-5-11(12)14/h4-5,7,9,12-13,15-16H,2-3,6,8H2,1H3. The van der Waals surface area contributed by atoms with Gasteiger partial charge in [-0.25, -0.2) is 0 Å². The number of nitrogens with one attached hydrogen (secondary N) is 1. The molecule has 4 nitrogen and oxygen atoms in total. The second kappa shape index (κ2) is 4.78. The molecule has 98 valence electrons. The van der Waals surface area contributed by atoms with E-state index in [0.717, 1.165) is 30.8 Å². The molecule has 1 fully saturated rings. The van der Waals surface area contributed by atoms with Crippen LogP contribution in [0.15, 0.2) is 18.2 Å². The van der Waals surface area contributed by atoms with E-state index in [1.807, 2.05) is 6.07 Å². The molecule has 0 aliphatic carbocycles. The van der Waals surface area contributed by atoms with Crippen molar-refractivity contribution in [1.82, 2.24) is 5.32 Å². The summed E-state index contributed by atoms with van der Waals surface area (Å²) in [6.07, 6.45) is 2.60.